The summed E-state index contributed by atoms with van der Waals surface area (Å²) in [6.07, 6.45) is -0.384. The summed E-state index contributed by atoms with van der Waals surface area (Å²) in [4.78, 5) is 11.0. The smallest absolute Gasteiger partial charge is 0.408 e. The van der Waals surface area contributed by atoms with E-state index in [9.17, 15) is 4.79 Å². The molecule has 72 valence electrons. The van der Waals surface area contributed by atoms with Crippen molar-refractivity contribution < 1.29 is 9.53 Å². The van der Waals surface area contributed by atoms with Gasteiger partial charge in [0.25, 0.3) is 0 Å². The zero-order valence-corrected chi connectivity index (χ0v) is 8.75. The highest BCUT2D eigenvalue weighted by atomic mass is 32.2. The molecule has 0 radical (unpaired) electrons. The maximum atomic E-state index is 11.0. The van der Waals surface area contributed by atoms with Crippen molar-refractivity contribution in [2.75, 3.05) is 12.9 Å². The van der Waals surface area contributed by atoms with Crippen LogP contribution in [0.15, 0.2) is 0 Å². The Bertz CT molecular complexity index is 145. The number of amides is 1. The molecule has 0 aliphatic rings. The first-order valence-electron chi connectivity index (χ1n) is 3.71. The molecule has 0 saturated heterocycles. The van der Waals surface area contributed by atoms with Crippen LogP contribution in [0.3, 0.4) is 0 Å². The molecule has 0 bridgehead atoms. The van der Waals surface area contributed by atoms with Crippen molar-refractivity contribution in [1.82, 2.24) is 10.0 Å². The predicted octanol–water partition coefficient (Wildman–Crippen LogP) is 1.34. The van der Waals surface area contributed by atoms with Crippen molar-refractivity contribution in [2.24, 2.45) is 0 Å². The van der Waals surface area contributed by atoms with Gasteiger partial charge in [-0.2, -0.15) is 0 Å². The van der Waals surface area contributed by atoms with Crippen LogP contribution in [0, 0.1) is 0 Å². The molecule has 0 heterocycles. The lowest BCUT2D eigenvalue weighted by Gasteiger charge is -2.19. The van der Waals surface area contributed by atoms with E-state index in [-0.39, 0.29) is 6.09 Å². The first kappa shape index (κ1) is 11.6. The Morgan fingerprint density at radius 3 is 2.50 bits per heavy atom. The maximum absolute atomic E-state index is 11.0. The van der Waals surface area contributed by atoms with E-state index in [1.54, 1.807) is 7.05 Å². The van der Waals surface area contributed by atoms with Gasteiger partial charge in [0.1, 0.15) is 5.60 Å². The first-order valence-corrected chi connectivity index (χ1v) is 4.69. The Hall–Kier alpha value is -0.420. The molecule has 1 amide bonds. The molecule has 0 unspecified atom stereocenters. The van der Waals surface area contributed by atoms with Crippen LogP contribution in [0.25, 0.3) is 0 Å². The molecule has 0 aromatic rings. The quantitative estimate of drug-likeness (QED) is 0.402. The van der Waals surface area contributed by atoms with Gasteiger partial charge in [-0.3, -0.25) is 4.72 Å². The lowest BCUT2D eigenvalue weighted by molar-refractivity contribution is 0.0538. The molecular formula is C7H16N2O2S. The maximum Gasteiger partial charge on any atom is 0.408 e. The van der Waals surface area contributed by atoms with E-state index in [0.717, 1.165) is 0 Å². The van der Waals surface area contributed by atoms with Gasteiger partial charge in [0.05, 0.1) is 5.88 Å². The molecule has 0 spiro atoms. The lowest BCUT2D eigenvalue weighted by Crippen LogP contribution is -2.32. The number of rotatable bonds is 3. The van der Waals surface area contributed by atoms with E-state index in [4.69, 9.17) is 4.74 Å². The Morgan fingerprint density at radius 1 is 1.50 bits per heavy atom. The Kier molecular flexibility index (Phi) is 5.08. The van der Waals surface area contributed by atoms with Crippen LogP contribution in [-0.2, 0) is 4.74 Å². The summed E-state index contributed by atoms with van der Waals surface area (Å²) in [6, 6.07) is 0. The number of ether oxygens (including phenoxy) is 1. The van der Waals surface area contributed by atoms with E-state index >= 15 is 0 Å². The molecule has 12 heavy (non-hydrogen) atoms. The van der Waals surface area contributed by atoms with Crippen LogP contribution in [0.1, 0.15) is 20.8 Å². The van der Waals surface area contributed by atoms with Crippen molar-refractivity contribution in [3.63, 3.8) is 0 Å². The molecule has 0 saturated carbocycles. The molecular weight excluding hydrogens is 176 g/mol. The van der Waals surface area contributed by atoms with Gasteiger partial charge in [-0.1, -0.05) is 11.9 Å². The normalized spacial score (nSPS) is 11.0. The zero-order valence-electron chi connectivity index (χ0n) is 7.93. The second-order valence-electron chi connectivity index (χ2n) is 3.17. The van der Waals surface area contributed by atoms with E-state index in [2.05, 4.69) is 10.0 Å². The third-order valence-corrected chi connectivity index (χ3v) is 1.41. The fourth-order valence-electron chi connectivity index (χ4n) is 0.481. The second-order valence-corrected chi connectivity index (χ2v) is 4.16. The predicted molar refractivity (Wildman–Crippen MR) is 50.9 cm³/mol. The summed E-state index contributed by atoms with van der Waals surface area (Å²) in [5.41, 5.74) is -0.422. The molecule has 0 fully saturated rings. The van der Waals surface area contributed by atoms with Crippen molar-refractivity contribution in [3.05, 3.63) is 0 Å². The fraction of sp³-hybridized carbons (Fsp3) is 0.857. The highest BCUT2D eigenvalue weighted by Gasteiger charge is 2.15. The van der Waals surface area contributed by atoms with Crippen LogP contribution < -0.4 is 10.0 Å². The summed E-state index contributed by atoms with van der Waals surface area (Å²) >= 11 is 1.40. The topological polar surface area (TPSA) is 50.4 Å². The third-order valence-electron chi connectivity index (χ3n) is 0.832. The molecule has 0 aliphatic heterocycles. The number of hydrogen-bond acceptors (Lipinski definition) is 4. The average molecular weight is 192 g/mol. The summed E-state index contributed by atoms with van der Waals surface area (Å²) in [5.74, 6) is 0.505. The number of carbonyl (C=O) groups excluding carboxylic acids is 1. The minimum Gasteiger partial charge on any atom is -0.444 e. The SMILES string of the molecule is CNSCNC(=O)OC(C)(C)C. The number of carbonyl (C=O) groups is 1. The number of hydrogen-bond donors (Lipinski definition) is 2. The van der Waals surface area contributed by atoms with E-state index < -0.39 is 5.60 Å². The van der Waals surface area contributed by atoms with Crippen LogP contribution in [0.4, 0.5) is 4.79 Å². The van der Waals surface area contributed by atoms with Gasteiger partial charge < -0.3 is 10.1 Å². The summed E-state index contributed by atoms with van der Waals surface area (Å²) < 4.78 is 7.83. The van der Waals surface area contributed by atoms with Gasteiger partial charge in [0, 0.05) is 0 Å². The van der Waals surface area contributed by atoms with Gasteiger partial charge in [0.15, 0.2) is 0 Å². The zero-order chi connectivity index (χ0) is 9.61. The van der Waals surface area contributed by atoms with Gasteiger partial charge in [-0.05, 0) is 27.8 Å². The van der Waals surface area contributed by atoms with Crippen LogP contribution in [0.2, 0.25) is 0 Å². The van der Waals surface area contributed by atoms with Crippen molar-refractivity contribution in [2.45, 2.75) is 26.4 Å². The highest BCUT2D eigenvalue weighted by Crippen LogP contribution is 2.06. The van der Waals surface area contributed by atoms with Gasteiger partial charge in [0.2, 0.25) is 0 Å². The minimum absolute atomic E-state index is 0.384. The van der Waals surface area contributed by atoms with Crippen LogP contribution in [0.5, 0.6) is 0 Å². The second kappa shape index (κ2) is 5.27. The first-order chi connectivity index (χ1) is 5.45. The minimum atomic E-state index is -0.422. The molecule has 4 nitrogen and oxygen atoms in total. The number of alkyl carbamates (subject to hydrolysis) is 1. The molecule has 0 rings (SSSR count). The van der Waals surface area contributed by atoms with Crippen molar-refractivity contribution in [3.8, 4) is 0 Å². The summed E-state index contributed by atoms with van der Waals surface area (Å²) in [5, 5.41) is 2.58. The van der Waals surface area contributed by atoms with Gasteiger partial charge >= 0.3 is 6.09 Å². The lowest BCUT2D eigenvalue weighted by atomic mass is 10.2. The molecule has 5 heteroatoms. The molecule has 2 N–H and O–H groups in total. The largest absolute Gasteiger partial charge is 0.444 e. The summed E-state index contributed by atoms with van der Waals surface area (Å²) in [6.45, 7) is 5.49. The Balaban J connectivity index is 3.47. The van der Waals surface area contributed by atoms with Crippen molar-refractivity contribution in [1.29, 1.82) is 0 Å². The molecule has 0 aromatic heterocycles. The van der Waals surface area contributed by atoms with E-state index in [1.165, 1.54) is 11.9 Å². The standard InChI is InChI=1S/C7H16N2O2S/c1-7(2,3)11-6(10)9-5-12-8-4/h8H,5H2,1-4H3,(H,9,10). The monoisotopic (exact) mass is 192 g/mol. The molecule has 0 atom stereocenters. The molecule has 0 aromatic carbocycles. The Labute approximate surface area is 77.6 Å². The van der Waals surface area contributed by atoms with Crippen LogP contribution in [-0.4, -0.2) is 24.6 Å². The van der Waals surface area contributed by atoms with Crippen LogP contribution >= 0.6 is 11.9 Å². The van der Waals surface area contributed by atoms with E-state index in [0.29, 0.717) is 5.88 Å². The average Bonchev–Trinajstić information content (AvgIpc) is 1.84. The van der Waals surface area contributed by atoms with Gasteiger partial charge in [-0.15, -0.1) is 0 Å². The summed E-state index contributed by atoms with van der Waals surface area (Å²) in [7, 11) is 1.79. The fourth-order valence-corrected chi connectivity index (χ4v) is 0.816. The van der Waals surface area contributed by atoms with Crippen molar-refractivity contribution >= 4 is 18.0 Å². The highest BCUT2D eigenvalue weighted by molar-refractivity contribution is 7.97. The Morgan fingerprint density at radius 2 is 2.08 bits per heavy atom. The van der Waals surface area contributed by atoms with E-state index in [1.807, 2.05) is 20.8 Å². The number of nitrogens with one attached hydrogen (secondary N) is 2. The third kappa shape index (κ3) is 7.68. The van der Waals surface area contributed by atoms with Gasteiger partial charge in [-0.25, -0.2) is 4.79 Å². The molecule has 0 aliphatic carbocycles.